The van der Waals surface area contributed by atoms with Crippen molar-refractivity contribution in [2.45, 2.75) is 33.6 Å². The van der Waals surface area contributed by atoms with Crippen LogP contribution >= 0.6 is 12.2 Å². The first-order valence-corrected chi connectivity index (χ1v) is 6.25. The lowest BCUT2D eigenvalue weighted by Crippen LogP contribution is -2.39. The minimum Gasteiger partial charge on any atom is -0.362 e. The van der Waals surface area contributed by atoms with Crippen LogP contribution in [0.4, 0.5) is 0 Å². The van der Waals surface area contributed by atoms with E-state index in [1.165, 1.54) is 0 Å². The van der Waals surface area contributed by atoms with Gasteiger partial charge in [-0.1, -0.05) is 20.8 Å². The Morgan fingerprint density at radius 2 is 1.88 bits per heavy atom. The molecule has 16 heavy (non-hydrogen) atoms. The highest BCUT2D eigenvalue weighted by molar-refractivity contribution is 7.80. The summed E-state index contributed by atoms with van der Waals surface area (Å²) in [7, 11) is 0. The molecule has 0 aliphatic carbocycles. The summed E-state index contributed by atoms with van der Waals surface area (Å²) in [5, 5.41) is 9.53. The molecule has 0 radical (unpaired) electrons. The van der Waals surface area contributed by atoms with Gasteiger partial charge in [0.05, 0.1) is 0 Å². The summed E-state index contributed by atoms with van der Waals surface area (Å²) in [6, 6.07) is 0. The molecule has 0 saturated heterocycles. The van der Waals surface area contributed by atoms with E-state index >= 15 is 0 Å². The van der Waals surface area contributed by atoms with Crippen molar-refractivity contribution in [1.29, 1.82) is 0 Å². The van der Waals surface area contributed by atoms with Gasteiger partial charge in [-0.15, -0.1) is 0 Å². The lowest BCUT2D eigenvalue weighted by atomic mass is 10.2. The molecule has 0 unspecified atom stereocenters. The first-order valence-electron chi connectivity index (χ1n) is 5.84. The van der Waals surface area contributed by atoms with Crippen LogP contribution in [-0.2, 0) is 4.79 Å². The van der Waals surface area contributed by atoms with E-state index < -0.39 is 0 Å². The molecule has 0 aliphatic heterocycles. The lowest BCUT2D eigenvalue weighted by Gasteiger charge is -2.11. The Balaban J connectivity index is 3.43. The molecule has 0 spiro atoms. The Morgan fingerprint density at radius 3 is 2.44 bits per heavy atom. The summed E-state index contributed by atoms with van der Waals surface area (Å²) in [5.41, 5.74) is 0. The van der Waals surface area contributed by atoms with E-state index in [1.807, 2.05) is 6.92 Å². The Labute approximate surface area is 104 Å². The van der Waals surface area contributed by atoms with Crippen molar-refractivity contribution in [2.24, 2.45) is 5.92 Å². The number of carbonyl (C=O) groups is 1. The molecule has 5 heteroatoms. The number of rotatable bonds is 7. The third-order valence-corrected chi connectivity index (χ3v) is 2.17. The standard InChI is InChI=1S/C11H23N3OS/c1-4-6-12-10(15)5-7-13-11(16)14-8-9(2)3/h9H,4-8H2,1-3H3,(H,12,15)(H2,13,14,16). The molecule has 0 aromatic rings. The molecule has 4 nitrogen and oxygen atoms in total. The van der Waals surface area contributed by atoms with Crippen LogP contribution in [0.1, 0.15) is 33.6 Å². The fourth-order valence-electron chi connectivity index (χ4n) is 1.00. The molecule has 0 aromatic heterocycles. The van der Waals surface area contributed by atoms with Gasteiger partial charge in [-0.05, 0) is 24.6 Å². The minimum absolute atomic E-state index is 0.0704. The van der Waals surface area contributed by atoms with Gasteiger partial charge < -0.3 is 16.0 Å². The first-order chi connectivity index (χ1) is 7.56. The van der Waals surface area contributed by atoms with Gasteiger partial charge in [0.1, 0.15) is 0 Å². The predicted molar refractivity (Wildman–Crippen MR) is 71.4 cm³/mol. The molecule has 0 heterocycles. The SMILES string of the molecule is CCCNC(=O)CCNC(=S)NCC(C)C. The van der Waals surface area contributed by atoms with Crippen molar-refractivity contribution >= 4 is 23.2 Å². The fourth-order valence-corrected chi connectivity index (χ4v) is 1.19. The molecular weight excluding hydrogens is 222 g/mol. The van der Waals surface area contributed by atoms with E-state index in [1.54, 1.807) is 0 Å². The van der Waals surface area contributed by atoms with Crippen molar-refractivity contribution in [1.82, 2.24) is 16.0 Å². The summed E-state index contributed by atoms with van der Waals surface area (Å²) in [4.78, 5) is 11.2. The molecule has 94 valence electrons. The first kappa shape index (κ1) is 15.2. The van der Waals surface area contributed by atoms with Crippen molar-refractivity contribution in [2.75, 3.05) is 19.6 Å². The average molecular weight is 245 g/mol. The largest absolute Gasteiger partial charge is 0.362 e. The van der Waals surface area contributed by atoms with E-state index in [2.05, 4.69) is 29.8 Å². The summed E-state index contributed by atoms with van der Waals surface area (Å²) >= 11 is 5.06. The maximum absolute atomic E-state index is 11.2. The van der Waals surface area contributed by atoms with Crippen molar-refractivity contribution < 1.29 is 4.79 Å². The van der Waals surface area contributed by atoms with Crippen LogP contribution < -0.4 is 16.0 Å². The van der Waals surface area contributed by atoms with Crippen LogP contribution in [0.3, 0.4) is 0 Å². The number of carbonyl (C=O) groups excluding carboxylic acids is 1. The normalized spacial score (nSPS) is 10.0. The topological polar surface area (TPSA) is 53.2 Å². The Bertz CT molecular complexity index is 219. The van der Waals surface area contributed by atoms with Gasteiger partial charge in [0.25, 0.3) is 0 Å². The maximum atomic E-state index is 11.2. The second-order valence-corrected chi connectivity index (χ2v) is 4.54. The van der Waals surface area contributed by atoms with Crippen molar-refractivity contribution in [3.8, 4) is 0 Å². The molecule has 0 aromatic carbocycles. The Morgan fingerprint density at radius 1 is 1.19 bits per heavy atom. The number of hydrogen-bond acceptors (Lipinski definition) is 2. The summed E-state index contributed by atoms with van der Waals surface area (Å²) in [5.74, 6) is 0.633. The van der Waals surface area contributed by atoms with Gasteiger partial charge in [0.2, 0.25) is 5.91 Å². The van der Waals surface area contributed by atoms with E-state index in [9.17, 15) is 4.79 Å². The van der Waals surface area contributed by atoms with Crippen molar-refractivity contribution in [3.05, 3.63) is 0 Å². The molecule has 1 amide bonds. The van der Waals surface area contributed by atoms with E-state index in [0.717, 1.165) is 19.5 Å². The van der Waals surface area contributed by atoms with Gasteiger partial charge in [0.15, 0.2) is 5.11 Å². The Kier molecular flexibility index (Phi) is 8.90. The van der Waals surface area contributed by atoms with Gasteiger partial charge in [-0.25, -0.2) is 0 Å². The van der Waals surface area contributed by atoms with Crippen LogP contribution in [0.25, 0.3) is 0 Å². The zero-order valence-electron chi connectivity index (χ0n) is 10.4. The summed E-state index contributed by atoms with van der Waals surface area (Å²) < 4.78 is 0. The van der Waals surface area contributed by atoms with Gasteiger partial charge in [-0.3, -0.25) is 4.79 Å². The van der Waals surface area contributed by atoms with E-state index in [0.29, 0.717) is 24.0 Å². The number of hydrogen-bond donors (Lipinski definition) is 3. The molecule has 0 fully saturated rings. The zero-order valence-corrected chi connectivity index (χ0v) is 11.2. The molecule has 0 bridgehead atoms. The monoisotopic (exact) mass is 245 g/mol. The summed E-state index contributed by atoms with van der Waals surface area (Å²) in [6.45, 7) is 8.45. The molecule has 0 saturated carbocycles. The Hall–Kier alpha value is -0.840. The summed E-state index contributed by atoms with van der Waals surface area (Å²) in [6.07, 6.45) is 1.43. The zero-order chi connectivity index (χ0) is 12.4. The number of thiocarbonyl (C=S) groups is 1. The highest BCUT2D eigenvalue weighted by Gasteiger charge is 2.01. The minimum atomic E-state index is 0.0704. The third-order valence-electron chi connectivity index (χ3n) is 1.88. The van der Waals surface area contributed by atoms with E-state index in [4.69, 9.17) is 12.2 Å². The van der Waals surface area contributed by atoms with Gasteiger partial charge >= 0.3 is 0 Å². The van der Waals surface area contributed by atoms with Gasteiger partial charge in [0, 0.05) is 26.1 Å². The van der Waals surface area contributed by atoms with E-state index in [-0.39, 0.29) is 5.91 Å². The van der Waals surface area contributed by atoms with Crippen LogP contribution in [0.15, 0.2) is 0 Å². The molecule has 0 aliphatic rings. The van der Waals surface area contributed by atoms with Crippen LogP contribution in [-0.4, -0.2) is 30.7 Å². The van der Waals surface area contributed by atoms with Crippen molar-refractivity contribution in [3.63, 3.8) is 0 Å². The smallest absolute Gasteiger partial charge is 0.221 e. The molecule has 3 N–H and O–H groups in total. The molecule has 0 rings (SSSR count). The number of nitrogens with one attached hydrogen (secondary N) is 3. The predicted octanol–water partition coefficient (Wildman–Crippen LogP) is 1.02. The highest BCUT2D eigenvalue weighted by Crippen LogP contribution is 1.86. The second-order valence-electron chi connectivity index (χ2n) is 4.13. The lowest BCUT2D eigenvalue weighted by molar-refractivity contribution is -0.120. The van der Waals surface area contributed by atoms with Crippen LogP contribution in [0, 0.1) is 5.92 Å². The highest BCUT2D eigenvalue weighted by atomic mass is 32.1. The van der Waals surface area contributed by atoms with Gasteiger partial charge in [-0.2, -0.15) is 0 Å². The fraction of sp³-hybridized carbons (Fsp3) is 0.818. The quantitative estimate of drug-likeness (QED) is 0.586. The maximum Gasteiger partial charge on any atom is 0.221 e. The van der Waals surface area contributed by atoms with Crippen LogP contribution in [0.5, 0.6) is 0 Å². The van der Waals surface area contributed by atoms with Crippen LogP contribution in [0.2, 0.25) is 0 Å². The third kappa shape index (κ3) is 9.71. The average Bonchev–Trinajstić information content (AvgIpc) is 2.23. The molecule has 0 atom stereocenters. The second kappa shape index (κ2) is 9.39. The number of amides is 1. The molecular formula is C11H23N3OS.